The zero-order chi connectivity index (χ0) is 17.5. The summed E-state index contributed by atoms with van der Waals surface area (Å²) in [5.74, 6) is 0.126. The first-order chi connectivity index (χ1) is 11.5. The van der Waals surface area contributed by atoms with Gasteiger partial charge in [0.1, 0.15) is 30.1 Å². The Labute approximate surface area is 134 Å². The van der Waals surface area contributed by atoms with E-state index in [4.69, 9.17) is 16.0 Å². The van der Waals surface area contributed by atoms with Crippen LogP contribution in [-0.4, -0.2) is 54.5 Å². The minimum absolute atomic E-state index is 0.0316. The van der Waals surface area contributed by atoms with Crippen molar-refractivity contribution in [2.24, 2.45) is 5.11 Å². The number of nitriles is 1. The molecule has 0 spiro atoms. The van der Waals surface area contributed by atoms with Crippen molar-refractivity contribution in [3.05, 3.63) is 34.6 Å². The van der Waals surface area contributed by atoms with E-state index in [1.807, 2.05) is 0 Å². The fourth-order valence-corrected chi connectivity index (χ4v) is 2.77. The number of nitrogens with two attached hydrogens (primary N) is 1. The molecule has 1 aliphatic heterocycles. The van der Waals surface area contributed by atoms with Crippen molar-refractivity contribution in [1.82, 2.24) is 14.6 Å². The van der Waals surface area contributed by atoms with Crippen molar-refractivity contribution in [3.63, 3.8) is 0 Å². The van der Waals surface area contributed by atoms with E-state index in [1.165, 1.54) is 16.6 Å². The van der Waals surface area contributed by atoms with Crippen molar-refractivity contribution < 1.29 is 20.1 Å². The molecule has 0 aliphatic carbocycles. The molecule has 1 unspecified atom stereocenters. The lowest BCUT2D eigenvalue weighted by Crippen LogP contribution is -2.44. The standard InChI is InChI=1S/C12H12N8O4/c13-3-11(7-2-1-6-10(14)16-5-17-20(6)7)8(22)9(23)12(4-21,24-11)18-19-15/h1-2,5,8-9,21-23H,4H2,(H2,14,16,17)/t8-,9+,11+,12?/m1/s1. The van der Waals surface area contributed by atoms with Crippen LogP contribution in [0.25, 0.3) is 16.0 Å². The number of nitrogens with zero attached hydrogens (tertiary/aromatic N) is 7. The first kappa shape index (κ1) is 15.9. The highest BCUT2D eigenvalue weighted by Gasteiger charge is 2.64. The number of hydrogen-bond acceptors (Lipinski definition) is 9. The predicted molar refractivity (Wildman–Crippen MR) is 76.8 cm³/mol. The van der Waals surface area contributed by atoms with Gasteiger partial charge in [0, 0.05) is 4.91 Å². The second-order valence-electron chi connectivity index (χ2n) is 5.19. The minimum Gasteiger partial charge on any atom is -0.393 e. The summed E-state index contributed by atoms with van der Waals surface area (Å²) < 4.78 is 6.65. The molecule has 4 atom stereocenters. The van der Waals surface area contributed by atoms with Gasteiger partial charge in [0.05, 0.1) is 12.3 Å². The molecule has 1 aliphatic rings. The van der Waals surface area contributed by atoms with Crippen molar-refractivity contribution >= 4 is 11.3 Å². The molecule has 0 saturated carbocycles. The maximum atomic E-state index is 10.4. The summed E-state index contributed by atoms with van der Waals surface area (Å²) in [4.78, 5) is 6.32. The molecule has 0 aromatic carbocycles. The van der Waals surface area contributed by atoms with E-state index in [2.05, 4.69) is 20.1 Å². The lowest BCUT2D eigenvalue weighted by Gasteiger charge is -2.26. The first-order valence-corrected chi connectivity index (χ1v) is 6.69. The molecule has 12 nitrogen and oxygen atoms in total. The van der Waals surface area contributed by atoms with E-state index in [0.29, 0.717) is 5.52 Å². The topological polar surface area (TPSA) is 199 Å². The van der Waals surface area contributed by atoms with Crippen LogP contribution < -0.4 is 5.73 Å². The Bertz CT molecular complexity index is 887. The van der Waals surface area contributed by atoms with Gasteiger partial charge in [-0.05, 0) is 17.7 Å². The van der Waals surface area contributed by atoms with E-state index < -0.39 is 30.1 Å². The lowest BCUT2D eigenvalue weighted by molar-refractivity contribution is -0.131. The van der Waals surface area contributed by atoms with Crippen LogP contribution in [0, 0.1) is 11.3 Å². The summed E-state index contributed by atoms with van der Waals surface area (Å²) in [6, 6.07) is 4.67. The Morgan fingerprint density at radius 2 is 2.25 bits per heavy atom. The molecule has 12 heteroatoms. The molecule has 0 amide bonds. The molecular formula is C12H12N8O4. The highest BCUT2D eigenvalue weighted by molar-refractivity contribution is 5.66. The van der Waals surface area contributed by atoms with Gasteiger partial charge in [0.25, 0.3) is 0 Å². The van der Waals surface area contributed by atoms with Crippen LogP contribution in [-0.2, 0) is 10.3 Å². The van der Waals surface area contributed by atoms with Gasteiger partial charge in [-0.2, -0.15) is 10.4 Å². The fraction of sp³-hybridized carbons (Fsp3) is 0.417. The monoisotopic (exact) mass is 332 g/mol. The van der Waals surface area contributed by atoms with E-state index in [0.717, 1.165) is 6.33 Å². The number of fused-ring (bicyclic) bond motifs is 1. The van der Waals surface area contributed by atoms with Gasteiger partial charge >= 0.3 is 0 Å². The van der Waals surface area contributed by atoms with Crippen molar-refractivity contribution in [3.8, 4) is 6.07 Å². The Kier molecular flexibility index (Phi) is 3.52. The van der Waals surface area contributed by atoms with Crippen molar-refractivity contribution in [2.75, 3.05) is 12.3 Å². The number of ether oxygens (including phenoxy) is 1. The van der Waals surface area contributed by atoms with Crippen LogP contribution in [0.3, 0.4) is 0 Å². The summed E-state index contributed by atoms with van der Waals surface area (Å²) in [5.41, 5.74) is 10.4. The number of aliphatic hydroxyl groups is 3. The smallest absolute Gasteiger partial charge is 0.226 e. The average Bonchev–Trinajstić information content (AvgIpc) is 3.11. The number of azide groups is 1. The fourth-order valence-electron chi connectivity index (χ4n) is 2.77. The number of hydrogen-bond donors (Lipinski definition) is 4. The maximum absolute atomic E-state index is 10.4. The average molecular weight is 332 g/mol. The van der Waals surface area contributed by atoms with Gasteiger partial charge in [-0.15, -0.1) is 0 Å². The number of aliphatic hydroxyl groups excluding tert-OH is 3. The Balaban J connectivity index is 2.25. The van der Waals surface area contributed by atoms with Crippen molar-refractivity contribution in [1.29, 1.82) is 5.26 Å². The van der Waals surface area contributed by atoms with E-state index in [-0.39, 0.29) is 11.5 Å². The first-order valence-electron chi connectivity index (χ1n) is 6.69. The highest BCUT2D eigenvalue weighted by Crippen LogP contribution is 2.45. The third-order valence-corrected chi connectivity index (χ3v) is 3.98. The Morgan fingerprint density at radius 3 is 2.88 bits per heavy atom. The van der Waals surface area contributed by atoms with E-state index >= 15 is 0 Å². The highest BCUT2D eigenvalue weighted by atomic mass is 16.6. The second-order valence-corrected chi connectivity index (χ2v) is 5.19. The predicted octanol–water partition coefficient (Wildman–Crippen LogP) is -1.22. The molecule has 124 valence electrons. The van der Waals surface area contributed by atoms with Gasteiger partial charge in [-0.3, -0.25) is 0 Å². The zero-order valence-electron chi connectivity index (χ0n) is 12.1. The van der Waals surface area contributed by atoms with Crippen molar-refractivity contribution in [2.45, 2.75) is 23.5 Å². The third-order valence-electron chi connectivity index (χ3n) is 3.98. The maximum Gasteiger partial charge on any atom is 0.226 e. The summed E-state index contributed by atoms with van der Waals surface area (Å²) in [6.45, 7) is -0.945. The van der Waals surface area contributed by atoms with Gasteiger partial charge in [0.15, 0.2) is 5.82 Å². The third kappa shape index (κ3) is 1.84. The summed E-state index contributed by atoms with van der Waals surface area (Å²) >= 11 is 0. The molecule has 1 fully saturated rings. The molecule has 0 radical (unpaired) electrons. The van der Waals surface area contributed by atoms with Gasteiger partial charge in [-0.25, -0.2) is 9.50 Å². The Morgan fingerprint density at radius 1 is 1.50 bits per heavy atom. The summed E-state index contributed by atoms with van der Waals surface area (Å²) in [7, 11) is 0. The molecular weight excluding hydrogens is 320 g/mol. The van der Waals surface area contributed by atoms with Gasteiger partial charge in [-0.1, -0.05) is 5.11 Å². The summed E-state index contributed by atoms with van der Waals surface area (Å²) in [6.07, 6.45) is -2.53. The van der Waals surface area contributed by atoms with E-state index in [1.54, 1.807) is 6.07 Å². The normalized spacial score (nSPS) is 32.4. The SMILES string of the molecule is N#C[C@@]1(c2ccc3c(N)ncnn23)OC(CO)(N=[N+]=[N-])[C@@H](O)[C@H]1O. The van der Waals surface area contributed by atoms with Crippen LogP contribution >= 0.6 is 0 Å². The largest absolute Gasteiger partial charge is 0.393 e. The van der Waals surface area contributed by atoms with Crippen LogP contribution in [0.2, 0.25) is 0 Å². The second kappa shape index (κ2) is 5.31. The molecule has 3 rings (SSSR count). The number of nitrogen functional groups attached to an aromatic ring is 1. The molecule has 5 N–H and O–H groups in total. The molecule has 24 heavy (non-hydrogen) atoms. The molecule has 3 heterocycles. The van der Waals surface area contributed by atoms with Crippen LogP contribution in [0.5, 0.6) is 0 Å². The minimum atomic E-state index is -2.22. The van der Waals surface area contributed by atoms with Gasteiger partial charge < -0.3 is 25.8 Å². The zero-order valence-corrected chi connectivity index (χ0v) is 12.1. The van der Waals surface area contributed by atoms with E-state index in [9.17, 15) is 20.6 Å². The summed E-state index contributed by atoms with van der Waals surface area (Å²) in [5, 5.41) is 47.0. The molecule has 2 aromatic rings. The molecule has 1 saturated heterocycles. The van der Waals surface area contributed by atoms with Gasteiger partial charge in [0.2, 0.25) is 11.3 Å². The van der Waals surface area contributed by atoms with Crippen LogP contribution in [0.1, 0.15) is 5.69 Å². The molecule has 2 aromatic heterocycles. The number of anilines is 1. The van der Waals surface area contributed by atoms with Crippen LogP contribution in [0.4, 0.5) is 5.82 Å². The quantitative estimate of drug-likeness (QED) is 0.304. The van der Waals surface area contributed by atoms with Crippen LogP contribution in [0.15, 0.2) is 23.6 Å². The Hall–Kier alpha value is -2.94. The lowest BCUT2D eigenvalue weighted by atomic mass is 9.91. The number of rotatable bonds is 3. The number of aromatic nitrogens is 3. The molecule has 0 bridgehead atoms.